The summed E-state index contributed by atoms with van der Waals surface area (Å²) in [6.07, 6.45) is 0.273. The van der Waals surface area contributed by atoms with Crippen molar-refractivity contribution in [2.75, 3.05) is 0 Å². The standard InChI is InChI=1S/C9H11NO3.2Na/c10-8(9(12)13)5-6-1-3-7(11)4-2-6;;/h1-4,8,11H,5,10H2,(H,12,13);;/q;2*+1. The van der Waals surface area contributed by atoms with Gasteiger partial charge in [0.2, 0.25) is 0 Å². The molecule has 1 rings (SSSR count). The average Bonchev–Trinajstić information content (AvgIpc) is 2.08. The summed E-state index contributed by atoms with van der Waals surface area (Å²) in [5.41, 5.74) is 6.12. The minimum atomic E-state index is -1.02. The number of carboxylic acids is 1. The van der Waals surface area contributed by atoms with Crippen LogP contribution in [0.25, 0.3) is 0 Å². The number of rotatable bonds is 3. The third kappa shape index (κ3) is 6.58. The van der Waals surface area contributed by atoms with Crippen molar-refractivity contribution in [1.82, 2.24) is 0 Å². The van der Waals surface area contributed by atoms with Gasteiger partial charge >= 0.3 is 65.1 Å². The summed E-state index contributed by atoms with van der Waals surface area (Å²) < 4.78 is 0. The Bertz CT molecular complexity index is 303. The van der Waals surface area contributed by atoms with Crippen molar-refractivity contribution in [3.63, 3.8) is 0 Å². The van der Waals surface area contributed by atoms with Gasteiger partial charge in [0.15, 0.2) is 0 Å². The van der Waals surface area contributed by atoms with Gasteiger partial charge in [0.1, 0.15) is 11.8 Å². The molecule has 1 atom stereocenters. The van der Waals surface area contributed by atoms with Crippen molar-refractivity contribution in [3.05, 3.63) is 29.8 Å². The molecule has 0 fully saturated rings. The number of aromatic hydroxyl groups is 1. The van der Waals surface area contributed by atoms with Crippen LogP contribution in [0.15, 0.2) is 24.3 Å². The number of benzene rings is 1. The van der Waals surface area contributed by atoms with E-state index in [9.17, 15) is 4.79 Å². The molecular weight excluding hydrogens is 216 g/mol. The van der Waals surface area contributed by atoms with Gasteiger partial charge in [0.05, 0.1) is 0 Å². The summed E-state index contributed by atoms with van der Waals surface area (Å²) in [5.74, 6) is -0.860. The number of aliphatic carboxylic acids is 1. The largest absolute Gasteiger partial charge is 1.00 e. The van der Waals surface area contributed by atoms with E-state index >= 15 is 0 Å². The Balaban J connectivity index is 0. The maximum Gasteiger partial charge on any atom is 1.00 e. The first-order valence-electron chi connectivity index (χ1n) is 3.86. The fourth-order valence-electron chi connectivity index (χ4n) is 0.973. The van der Waals surface area contributed by atoms with Crippen LogP contribution in [-0.4, -0.2) is 22.2 Å². The SMILES string of the molecule is NC(Cc1ccc(O)cc1)C(=O)O.[Na+].[Na+]. The molecule has 0 aliphatic carbocycles. The Morgan fingerprint density at radius 2 is 1.73 bits per heavy atom. The molecule has 0 saturated heterocycles. The van der Waals surface area contributed by atoms with Gasteiger partial charge in [0.25, 0.3) is 0 Å². The van der Waals surface area contributed by atoms with Gasteiger partial charge in [-0.2, -0.15) is 0 Å². The van der Waals surface area contributed by atoms with Crippen molar-refractivity contribution >= 4 is 5.97 Å². The second-order valence-corrected chi connectivity index (χ2v) is 2.82. The van der Waals surface area contributed by atoms with Crippen molar-refractivity contribution in [2.24, 2.45) is 5.73 Å². The van der Waals surface area contributed by atoms with E-state index in [4.69, 9.17) is 15.9 Å². The smallest absolute Gasteiger partial charge is 0.508 e. The van der Waals surface area contributed by atoms with Gasteiger partial charge in [-0.25, -0.2) is 0 Å². The number of hydrogen-bond acceptors (Lipinski definition) is 3. The minimum Gasteiger partial charge on any atom is -0.508 e. The third-order valence-corrected chi connectivity index (χ3v) is 1.71. The van der Waals surface area contributed by atoms with Crippen LogP contribution in [0.4, 0.5) is 0 Å². The normalized spacial score (nSPS) is 10.7. The van der Waals surface area contributed by atoms with E-state index in [0.29, 0.717) is 0 Å². The molecule has 0 saturated carbocycles. The molecule has 0 amide bonds. The molecule has 15 heavy (non-hydrogen) atoms. The second kappa shape index (κ2) is 8.58. The number of carbonyl (C=O) groups is 1. The van der Waals surface area contributed by atoms with Crippen LogP contribution in [0, 0.1) is 0 Å². The van der Waals surface area contributed by atoms with E-state index in [1.165, 1.54) is 12.1 Å². The maximum absolute atomic E-state index is 10.4. The van der Waals surface area contributed by atoms with Gasteiger partial charge in [0, 0.05) is 0 Å². The van der Waals surface area contributed by atoms with Crippen molar-refractivity contribution in [2.45, 2.75) is 12.5 Å². The fourth-order valence-corrected chi connectivity index (χ4v) is 0.973. The summed E-state index contributed by atoms with van der Waals surface area (Å²) in [7, 11) is 0. The van der Waals surface area contributed by atoms with Gasteiger partial charge in [-0.05, 0) is 24.1 Å². The Kier molecular flexibility index (Phi) is 10.2. The Morgan fingerprint density at radius 3 is 2.13 bits per heavy atom. The third-order valence-electron chi connectivity index (χ3n) is 1.71. The zero-order chi connectivity index (χ0) is 9.84. The van der Waals surface area contributed by atoms with Crippen molar-refractivity contribution < 1.29 is 74.1 Å². The summed E-state index contributed by atoms with van der Waals surface area (Å²) >= 11 is 0. The first-order valence-corrected chi connectivity index (χ1v) is 3.86. The predicted octanol–water partition coefficient (Wildman–Crippen LogP) is -5.65. The summed E-state index contributed by atoms with van der Waals surface area (Å²) in [6.45, 7) is 0. The van der Waals surface area contributed by atoms with E-state index in [1.54, 1.807) is 12.1 Å². The predicted molar refractivity (Wildman–Crippen MR) is 47.4 cm³/mol. The second-order valence-electron chi connectivity index (χ2n) is 2.82. The Hall–Kier alpha value is 0.450. The molecule has 0 bridgehead atoms. The molecule has 0 aliphatic heterocycles. The number of nitrogens with two attached hydrogens (primary N) is 1. The topological polar surface area (TPSA) is 83.5 Å². The van der Waals surface area contributed by atoms with Gasteiger partial charge in [-0.15, -0.1) is 0 Å². The summed E-state index contributed by atoms with van der Waals surface area (Å²) in [4.78, 5) is 10.4. The van der Waals surface area contributed by atoms with E-state index in [2.05, 4.69) is 0 Å². The van der Waals surface area contributed by atoms with Crippen LogP contribution in [0.2, 0.25) is 0 Å². The maximum atomic E-state index is 10.4. The number of phenolic OH excluding ortho intramolecular Hbond substituents is 1. The fraction of sp³-hybridized carbons (Fsp3) is 0.222. The molecule has 0 aliphatic rings. The molecule has 4 nitrogen and oxygen atoms in total. The Labute approximate surface area is 132 Å². The molecule has 1 aromatic rings. The average molecular weight is 227 g/mol. The molecule has 6 heteroatoms. The van der Waals surface area contributed by atoms with E-state index < -0.39 is 12.0 Å². The molecule has 0 aromatic heterocycles. The zero-order valence-electron chi connectivity index (χ0n) is 8.97. The number of hydrogen-bond donors (Lipinski definition) is 3. The van der Waals surface area contributed by atoms with Crippen molar-refractivity contribution in [3.8, 4) is 5.75 Å². The van der Waals surface area contributed by atoms with Gasteiger partial charge in [-0.1, -0.05) is 12.1 Å². The summed E-state index contributed by atoms with van der Waals surface area (Å²) in [5, 5.41) is 17.5. The zero-order valence-corrected chi connectivity index (χ0v) is 13.0. The molecule has 1 unspecified atom stereocenters. The van der Waals surface area contributed by atoms with Gasteiger partial charge < -0.3 is 15.9 Å². The van der Waals surface area contributed by atoms with E-state index in [0.717, 1.165) is 5.56 Å². The molecular formula is C9H11NNa2O3+2. The van der Waals surface area contributed by atoms with Crippen molar-refractivity contribution in [1.29, 1.82) is 0 Å². The van der Waals surface area contributed by atoms with Gasteiger partial charge in [-0.3, -0.25) is 4.79 Å². The number of carboxylic acid groups (broad SMARTS) is 1. The first-order chi connectivity index (χ1) is 6.09. The van der Waals surface area contributed by atoms with Crippen LogP contribution in [-0.2, 0) is 11.2 Å². The molecule has 0 spiro atoms. The molecule has 0 radical (unpaired) electrons. The quantitative estimate of drug-likeness (QED) is 0.449. The first kappa shape index (κ1) is 17.8. The van der Waals surface area contributed by atoms with E-state index in [1.807, 2.05) is 0 Å². The van der Waals surface area contributed by atoms with Crippen LogP contribution in [0.1, 0.15) is 5.56 Å². The number of phenols is 1. The molecule has 0 heterocycles. The Morgan fingerprint density at radius 1 is 1.27 bits per heavy atom. The molecule has 4 N–H and O–H groups in total. The molecule has 70 valence electrons. The van der Waals surface area contributed by atoms with Crippen LogP contribution in [0.3, 0.4) is 0 Å². The van der Waals surface area contributed by atoms with Crippen LogP contribution >= 0.6 is 0 Å². The van der Waals surface area contributed by atoms with E-state index in [-0.39, 0.29) is 71.3 Å². The summed E-state index contributed by atoms with van der Waals surface area (Å²) in [6, 6.07) is 5.42. The minimum absolute atomic E-state index is 0. The van der Waals surface area contributed by atoms with Crippen LogP contribution < -0.4 is 64.8 Å². The monoisotopic (exact) mass is 227 g/mol. The van der Waals surface area contributed by atoms with Crippen LogP contribution in [0.5, 0.6) is 5.75 Å². The molecule has 1 aromatic carbocycles.